The Morgan fingerprint density at radius 3 is 2.53 bits per heavy atom. The molecule has 1 heterocycles. The van der Waals surface area contributed by atoms with Gasteiger partial charge in [0.1, 0.15) is 4.88 Å². The SMILES string of the molecule is CC(=NNc1ccccc1)c1sc(C)[nH+]c1C. The van der Waals surface area contributed by atoms with Gasteiger partial charge in [-0.1, -0.05) is 29.5 Å². The van der Waals surface area contributed by atoms with Crippen molar-refractivity contribution in [2.75, 3.05) is 5.43 Å². The number of aryl methyl sites for hydroxylation is 2. The van der Waals surface area contributed by atoms with Gasteiger partial charge in [-0.25, -0.2) is 4.98 Å². The first-order valence-electron chi connectivity index (χ1n) is 5.52. The third-order valence-electron chi connectivity index (χ3n) is 2.41. The molecule has 0 amide bonds. The molecule has 0 saturated carbocycles. The van der Waals surface area contributed by atoms with Crippen molar-refractivity contribution in [3.63, 3.8) is 0 Å². The Hall–Kier alpha value is -1.68. The van der Waals surface area contributed by atoms with Gasteiger partial charge in [0.2, 0.25) is 5.01 Å². The number of nitrogens with zero attached hydrogens (tertiary/aromatic N) is 1. The number of aromatic amines is 1. The molecule has 0 radical (unpaired) electrons. The van der Waals surface area contributed by atoms with Crippen molar-refractivity contribution >= 4 is 22.7 Å². The van der Waals surface area contributed by atoms with Gasteiger partial charge in [0.05, 0.1) is 11.4 Å². The number of H-pyrrole nitrogens is 1. The summed E-state index contributed by atoms with van der Waals surface area (Å²) in [4.78, 5) is 4.50. The quantitative estimate of drug-likeness (QED) is 0.656. The summed E-state index contributed by atoms with van der Waals surface area (Å²) < 4.78 is 0. The molecule has 0 unspecified atom stereocenters. The first-order valence-corrected chi connectivity index (χ1v) is 6.33. The van der Waals surface area contributed by atoms with Gasteiger partial charge in [0, 0.05) is 13.8 Å². The lowest BCUT2D eigenvalue weighted by Crippen LogP contribution is -2.07. The molecule has 2 aromatic rings. The van der Waals surface area contributed by atoms with Crippen LogP contribution in [0.2, 0.25) is 0 Å². The summed E-state index contributed by atoms with van der Waals surface area (Å²) in [6.45, 7) is 6.15. The third-order valence-corrected chi connectivity index (χ3v) is 3.63. The normalized spacial score (nSPS) is 11.6. The average Bonchev–Trinajstić information content (AvgIpc) is 2.67. The van der Waals surface area contributed by atoms with E-state index >= 15 is 0 Å². The number of hydrogen-bond donors (Lipinski definition) is 1. The van der Waals surface area contributed by atoms with E-state index in [1.54, 1.807) is 11.3 Å². The summed E-state index contributed by atoms with van der Waals surface area (Å²) in [6.07, 6.45) is 0. The van der Waals surface area contributed by atoms with Crippen molar-refractivity contribution in [3.8, 4) is 0 Å². The van der Waals surface area contributed by atoms with Crippen LogP contribution in [-0.2, 0) is 0 Å². The Kier molecular flexibility index (Phi) is 3.54. The highest BCUT2D eigenvalue weighted by Crippen LogP contribution is 2.15. The van der Waals surface area contributed by atoms with Gasteiger partial charge in [-0.05, 0) is 19.1 Å². The van der Waals surface area contributed by atoms with E-state index in [9.17, 15) is 0 Å². The molecule has 17 heavy (non-hydrogen) atoms. The minimum atomic E-state index is 1.00. The van der Waals surface area contributed by atoms with E-state index in [-0.39, 0.29) is 0 Å². The molecule has 0 fully saturated rings. The highest BCUT2D eigenvalue weighted by molar-refractivity contribution is 7.13. The number of thiazole rings is 1. The van der Waals surface area contributed by atoms with Crippen LogP contribution in [0, 0.1) is 13.8 Å². The van der Waals surface area contributed by atoms with Gasteiger partial charge in [0.25, 0.3) is 0 Å². The van der Waals surface area contributed by atoms with E-state index in [4.69, 9.17) is 0 Å². The molecule has 0 aliphatic rings. The van der Waals surface area contributed by atoms with Crippen LogP contribution in [0.15, 0.2) is 35.4 Å². The standard InChI is InChI=1S/C13H15N3S/c1-9-13(17-11(3)14-9)10(2)15-16-12-7-5-4-6-8-12/h4-8,16H,1-3H3/p+1. The number of aromatic nitrogens is 1. The Morgan fingerprint density at radius 2 is 1.94 bits per heavy atom. The van der Waals surface area contributed by atoms with Crippen molar-refractivity contribution in [2.24, 2.45) is 5.10 Å². The maximum atomic E-state index is 4.40. The lowest BCUT2D eigenvalue weighted by Gasteiger charge is -2.00. The van der Waals surface area contributed by atoms with E-state index in [1.165, 1.54) is 15.6 Å². The number of rotatable bonds is 3. The maximum Gasteiger partial charge on any atom is 0.233 e. The van der Waals surface area contributed by atoms with Crippen molar-refractivity contribution in [1.82, 2.24) is 0 Å². The Labute approximate surface area is 105 Å². The van der Waals surface area contributed by atoms with Crippen LogP contribution in [0.5, 0.6) is 0 Å². The summed E-state index contributed by atoms with van der Waals surface area (Å²) in [6, 6.07) is 9.96. The fourth-order valence-corrected chi connectivity index (χ4v) is 2.54. The van der Waals surface area contributed by atoms with Gasteiger partial charge < -0.3 is 0 Å². The molecule has 0 aliphatic carbocycles. The fourth-order valence-electron chi connectivity index (χ4n) is 1.63. The molecule has 88 valence electrons. The summed E-state index contributed by atoms with van der Waals surface area (Å²) >= 11 is 1.73. The van der Waals surface area contributed by atoms with Crippen LogP contribution in [0.1, 0.15) is 22.5 Å². The molecular formula is C13H16N3S+. The predicted octanol–water partition coefficient (Wildman–Crippen LogP) is 3.02. The van der Waals surface area contributed by atoms with Gasteiger partial charge >= 0.3 is 0 Å². The summed E-state index contributed by atoms with van der Waals surface area (Å²) in [5.74, 6) is 0. The number of para-hydroxylation sites is 1. The monoisotopic (exact) mass is 246 g/mol. The lowest BCUT2D eigenvalue weighted by molar-refractivity contribution is -0.389. The zero-order chi connectivity index (χ0) is 12.3. The van der Waals surface area contributed by atoms with Crippen LogP contribution in [-0.4, -0.2) is 5.71 Å². The van der Waals surface area contributed by atoms with Crippen molar-refractivity contribution < 1.29 is 4.98 Å². The Bertz CT molecular complexity index is 529. The predicted molar refractivity (Wildman–Crippen MR) is 72.6 cm³/mol. The van der Waals surface area contributed by atoms with Crippen molar-refractivity contribution in [3.05, 3.63) is 45.9 Å². The zero-order valence-corrected chi connectivity index (χ0v) is 11.1. The topological polar surface area (TPSA) is 38.5 Å². The van der Waals surface area contributed by atoms with E-state index in [0.29, 0.717) is 0 Å². The largest absolute Gasteiger partial charge is 0.278 e. The molecule has 0 aliphatic heterocycles. The minimum Gasteiger partial charge on any atom is -0.278 e. The third kappa shape index (κ3) is 2.91. The molecule has 1 aromatic heterocycles. The first-order chi connectivity index (χ1) is 8.16. The first kappa shape index (κ1) is 11.8. The Morgan fingerprint density at radius 1 is 1.24 bits per heavy atom. The molecule has 0 bridgehead atoms. The Balaban J connectivity index is 2.15. The molecule has 2 rings (SSSR count). The molecule has 0 atom stereocenters. The molecule has 4 heteroatoms. The van der Waals surface area contributed by atoms with Crippen LogP contribution < -0.4 is 10.4 Å². The zero-order valence-electron chi connectivity index (χ0n) is 10.2. The number of benzene rings is 1. The molecule has 2 N–H and O–H groups in total. The van der Waals surface area contributed by atoms with Crippen molar-refractivity contribution in [2.45, 2.75) is 20.8 Å². The number of anilines is 1. The van der Waals surface area contributed by atoms with E-state index in [1.807, 2.05) is 37.3 Å². The van der Waals surface area contributed by atoms with E-state index < -0.39 is 0 Å². The highest BCUT2D eigenvalue weighted by atomic mass is 32.1. The molecule has 0 spiro atoms. The number of hydrazone groups is 1. The fraction of sp³-hybridized carbons (Fsp3) is 0.231. The molecule has 3 nitrogen and oxygen atoms in total. The molecule has 1 aromatic carbocycles. The van der Waals surface area contributed by atoms with Crippen molar-refractivity contribution in [1.29, 1.82) is 0 Å². The van der Waals surface area contributed by atoms with Crippen LogP contribution >= 0.6 is 11.3 Å². The second-order valence-electron chi connectivity index (χ2n) is 3.91. The van der Waals surface area contributed by atoms with E-state index in [2.05, 4.69) is 29.4 Å². The summed E-state index contributed by atoms with van der Waals surface area (Å²) in [7, 11) is 0. The van der Waals surface area contributed by atoms with Gasteiger partial charge in [-0.15, -0.1) is 0 Å². The maximum absolute atomic E-state index is 4.40. The summed E-state index contributed by atoms with van der Waals surface area (Å²) in [5, 5.41) is 5.60. The lowest BCUT2D eigenvalue weighted by atomic mass is 10.3. The average molecular weight is 246 g/mol. The van der Waals surface area contributed by atoms with E-state index in [0.717, 1.165) is 11.4 Å². The van der Waals surface area contributed by atoms with Gasteiger partial charge in [-0.2, -0.15) is 5.10 Å². The summed E-state index contributed by atoms with van der Waals surface area (Å²) in [5.41, 5.74) is 6.23. The number of hydrogen-bond acceptors (Lipinski definition) is 3. The van der Waals surface area contributed by atoms with Gasteiger partial charge in [0.15, 0.2) is 5.69 Å². The number of nitrogens with one attached hydrogen (secondary N) is 2. The molecular weight excluding hydrogens is 230 g/mol. The van der Waals surface area contributed by atoms with Crippen LogP contribution in [0.4, 0.5) is 5.69 Å². The van der Waals surface area contributed by atoms with Crippen LogP contribution in [0.3, 0.4) is 0 Å². The second-order valence-corrected chi connectivity index (χ2v) is 5.14. The second kappa shape index (κ2) is 5.10. The smallest absolute Gasteiger partial charge is 0.233 e. The van der Waals surface area contributed by atoms with Crippen LogP contribution in [0.25, 0.3) is 0 Å². The minimum absolute atomic E-state index is 1.00. The molecule has 0 saturated heterocycles. The highest BCUT2D eigenvalue weighted by Gasteiger charge is 2.13. The van der Waals surface area contributed by atoms with Gasteiger partial charge in [-0.3, -0.25) is 5.43 Å².